The molecule has 1 atom stereocenters. The van der Waals surface area contributed by atoms with Crippen molar-refractivity contribution in [3.8, 4) is 0 Å². The number of hydrogen-bond acceptors (Lipinski definition) is 2. The van der Waals surface area contributed by atoms with Gasteiger partial charge >= 0.3 is 0 Å². The Morgan fingerprint density at radius 3 is 2.41 bits per heavy atom. The summed E-state index contributed by atoms with van der Waals surface area (Å²) in [6.45, 7) is 8.83. The Labute approximate surface area is 103 Å². The first-order valence-corrected chi connectivity index (χ1v) is 5.90. The minimum atomic E-state index is 0.0970. The van der Waals surface area contributed by atoms with Crippen LogP contribution in [0.3, 0.4) is 0 Å². The van der Waals surface area contributed by atoms with Gasteiger partial charge in [-0.2, -0.15) is 5.10 Å². The molecule has 0 N–H and O–H groups in total. The van der Waals surface area contributed by atoms with Gasteiger partial charge in [-0.3, -0.25) is 0 Å². The maximum absolute atomic E-state index is 4.31. The van der Waals surface area contributed by atoms with Crippen LogP contribution in [0.4, 0.5) is 0 Å². The highest BCUT2D eigenvalue weighted by atomic mass is 15.3. The van der Waals surface area contributed by atoms with E-state index in [9.17, 15) is 0 Å². The normalized spacial score (nSPS) is 13.6. The minimum Gasteiger partial charge on any atom is -0.245 e. The molecule has 3 heteroatoms. The Bertz CT molecular complexity index is 480. The summed E-state index contributed by atoms with van der Waals surface area (Å²) in [6, 6.07) is 8.68. The van der Waals surface area contributed by atoms with Gasteiger partial charge in [-0.1, -0.05) is 45.0 Å². The molecule has 0 fully saturated rings. The fraction of sp³-hybridized carbons (Fsp3) is 0.429. The zero-order valence-corrected chi connectivity index (χ0v) is 10.9. The molecule has 1 aromatic heterocycles. The highest BCUT2D eigenvalue weighted by Gasteiger charge is 2.29. The van der Waals surface area contributed by atoms with Crippen molar-refractivity contribution in [3.63, 3.8) is 0 Å². The van der Waals surface area contributed by atoms with Crippen LogP contribution in [0.1, 0.15) is 37.9 Å². The molecule has 0 spiro atoms. The molecular formula is C14H19N3. The lowest BCUT2D eigenvalue weighted by molar-refractivity contribution is 0.264. The van der Waals surface area contributed by atoms with E-state index in [0.717, 1.165) is 0 Å². The van der Waals surface area contributed by atoms with E-state index in [2.05, 4.69) is 62.0 Å². The van der Waals surface area contributed by atoms with Gasteiger partial charge in [-0.05, 0) is 23.5 Å². The topological polar surface area (TPSA) is 30.7 Å². The molecule has 3 nitrogen and oxygen atoms in total. The number of aryl methyl sites for hydroxylation is 1. The molecule has 0 aliphatic rings. The van der Waals surface area contributed by atoms with Crippen LogP contribution < -0.4 is 0 Å². The van der Waals surface area contributed by atoms with Gasteiger partial charge in [-0.15, -0.1) is 0 Å². The first kappa shape index (κ1) is 11.8. The molecule has 0 amide bonds. The molecule has 1 heterocycles. The van der Waals surface area contributed by atoms with Gasteiger partial charge in [0.1, 0.15) is 12.7 Å². The summed E-state index contributed by atoms with van der Waals surface area (Å²) in [7, 11) is 0. The Balaban J connectivity index is 2.53. The van der Waals surface area contributed by atoms with Gasteiger partial charge < -0.3 is 0 Å². The zero-order valence-electron chi connectivity index (χ0n) is 10.9. The van der Waals surface area contributed by atoms with E-state index in [1.807, 2.05) is 4.68 Å². The van der Waals surface area contributed by atoms with E-state index >= 15 is 0 Å². The van der Waals surface area contributed by atoms with Crippen molar-refractivity contribution in [1.82, 2.24) is 14.8 Å². The van der Waals surface area contributed by atoms with Crippen molar-refractivity contribution >= 4 is 0 Å². The molecule has 0 bridgehead atoms. The average molecular weight is 229 g/mol. The molecule has 2 aromatic rings. The van der Waals surface area contributed by atoms with Crippen LogP contribution in [0, 0.1) is 12.3 Å². The van der Waals surface area contributed by atoms with Crippen LogP contribution in [0.2, 0.25) is 0 Å². The Hall–Kier alpha value is -1.64. The van der Waals surface area contributed by atoms with Gasteiger partial charge in [0.15, 0.2) is 0 Å². The van der Waals surface area contributed by atoms with Crippen LogP contribution in [-0.2, 0) is 0 Å². The lowest BCUT2D eigenvalue weighted by Gasteiger charge is -2.32. The lowest BCUT2D eigenvalue weighted by atomic mass is 9.81. The number of aromatic nitrogens is 3. The minimum absolute atomic E-state index is 0.0970. The predicted molar refractivity (Wildman–Crippen MR) is 68.8 cm³/mol. The van der Waals surface area contributed by atoms with Gasteiger partial charge in [0.2, 0.25) is 0 Å². The maximum atomic E-state index is 4.31. The molecule has 0 radical (unpaired) electrons. The Morgan fingerprint density at radius 2 is 1.88 bits per heavy atom. The monoisotopic (exact) mass is 229 g/mol. The van der Waals surface area contributed by atoms with Gasteiger partial charge in [0, 0.05) is 0 Å². The van der Waals surface area contributed by atoms with Gasteiger partial charge in [-0.25, -0.2) is 9.67 Å². The molecular weight excluding hydrogens is 210 g/mol. The van der Waals surface area contributed by atoms with Crippen molar-refractivity contribution in [2.24, 2.45) is 5.41 Å². The molecule has 2 rings (SSSR count). The number of nitrogens with zero attached hydrogens (tertiary/aromatic N) is 3. The first-order chi connectivity index (χ1) is 8.00. The summed E-state index contributed by atoms with van der Waals surface area (Å²) in [6.07, 6.45) is 3.39. The summed E-state index contributed by atoms with van der Waals surface area (Å²) in [4.78, 5) is 4.06. The third kappa shape index (κ3) is 2.38. The van der Waals surface area contributed by atoms with E-state index in [1.165, 1.54) is 11.1 Å². The second-order valence-electron chi connectivity index (χ2n) is 5.50. The lowest BCUT2D eigenvalue weighted by Crippen LogP contribution is -2.26. The molecule has 1 unspecified atom stereocenters. The zero-order chi connectivity index (χ0) is 12.5. The fourth-order valence-corrected chi connectivity index (χ4v) is 2.25. The maximum Gasteiger partial charge on any atom is 0.137 e. The molecule has 0 aliphatic carbocycles. The van der Waals surface area contributed by atoms with Crippen molar-refractivity contribution in [2.75, 3.05) is 0 Å². The number of benzene rings is 1. The van der Waals surface area contributed by atoms with E-state index in [1.54, 1.807) is 12.7 Å². The van der Waals surface area contributed by atoms with E-state index in [-0.39, 0.29) is 11.5 Å². The predicted octanol–water partition coefficient (Wildman–Crippen LogP) is 3.22. The fourth-order valence-electron chi connectivity index (χ4n) is 2.25. The molecule has 0 saturated carbocycles. The van der Waals surface area contributed by atoms with Crippen LogP contribution in [0.5, 0.6) is 0 Å². The number of rotatable bonds is 2. The Kier molecular flexibility index (Phi) is 3.01. The van der Waals surface area contributed by atoms with Gasteiger partial charge in [0.25, 0.3) is 0 Å². The molecule has 17 heavy (non-hydrogen) atoms. The highest BCUT2D eigenvalue weighted by Crippen LogP contribution is 2.36. The van der Waals surface area contributed by atoms with Crippen molar-refractivity contribution < 1.29 is 0 Å². The summed E-state index contributed by atoms with van der Waals surface area (Å²) < 4.78 is 1.95. The average Bonchev–Trinajstić information content (AvgIpc) is 2.72. The van der Waals surface area contributed by atoms with E-state index in [0.29, 0.717) is 0 Å². The molecule has 1 aromatic carbocycles. The van der Waals surface area contributed by atoms with Crippen LogP contribution in [0.25, 0.3) is 0 Å². The standard InChI is InChI=1S/C14H19N3/c1-11-7-5-6-8-12(11)13(14(2,3)4)17-10-15-9-16-17/h5-10,13H,1-4H3. The van der Waals surface area contributed by atoms with E-state index in [4.69, 9.17) is 0 Å². The molecule has 0 saturated heterocycles. The van der Waals surface area contributed by atoms with Crippen molar-refractivity contribution in [2.45, 2.75) is 33.7 Å². The van der Waals surface area contributed by atoms with Crippen LogP contribution >= 0.6 is 0 Å². The summed E-state index contributed by atoms with van der Waals surface area (Å²) in [5.74, 6) is 0. The third-order valence-electron chi connectivity index (χ3n) is 3.00. The highest BCUT2D eigenvalue weighted by molar-refractivity contribution is 5.30. The Morgan fingerprint density at radius 1 is 1.18 bits per heavy atom. The first-order valence-electron chi connectivity index (χ1n) is 5.90. The largest absolute Gasteiger partial charge is 0.245 e. The second-order valence-corrected chi connectivity index (χ2v) is 5.50. The van der Waals surface area contributed by atoms with Crippen LogP contribution in [0.15, 0.2) is 36.9 Å². The molecule has 90 valence electrons. The number of hydrogen-bond donors (Lipinski definition) is 0. The third-order valence-corrected chi connectivity index (χ3v) is 3.00. The van der Waals surface area contributed by atoms with Crippen LogP contribution in [-0.4, -0.2) is 14.8 Å². The van der Waals surface area contributed by atoms with Crippen molar-refractivity contribution in [1.29, 1.82) is 0 Å². The van der Waals surface area contributed by atoms with Gasteiger partial charge in [0.05, 0.1) is 6.04 Å². The summed E-state index contributed by atoms with van der Waals surface area (Å²) >= 11 is 0. The van der Waals surface area contributed by atoms with Crippen molar-refractivity contribution in [3.05, 3.63) is 48.0 Å². The second kappa shape index (κ2) is 4.32. The van der Waals surface area contributed by atoms with E-state index < -0.39 is 0 Å². The molecule has 0 aliphatic heterocycles. The smallest absolute Gasteiger partial charge is 0.137 e. The summed E-state index contributed by atoms with van der Waals surface area (Å²) in [5, 5.41) is 4.31. The quantitative estimate of drug-likeness (QED) is 0.791. The summed E-state index contributed by atoms with van der Waals surface area (Å²) in [5.41, 5.74) is 2.70. The SMILES string of the molecule is Cc1ccccc1C(n1cncn1)C(C)(C)C.